The average molecular weight is 332 g/mol. The molecule has 2 aromatic heterocycles. The number of carbonyl (C=O) groups is 2. The molecule has 0 N–H and O–H groups in total. The van der Waals surface area contributed by atoms with Gasteiger partial charge in [0.25, 0.3) is 0 Å². The largest absolute Gasteiger partial charge is 0.469 e. The van der Waals surface area contributed by atoms with E-state index in [-0.39, 0.29) is 24.2 Å². The van der Waals surface area contributed by atoms with Crippen LogP contribution in [0.5, 0.6) is 0 Å². The molecule has 3 rings (SSSR count). The lowest BCUT2D eigenvalue weighted by Gasteiger charge is -1.97. The van der Waals surface area contributed by atoms with Crippen LogP contribution in [0.25, 0.3) is 22.1 Å². The first-order chi connectivity index (χ1) is 11.1. The highest BCUT2D eigenvalue weighted by Crippen LogP contribution is 2.34. The second-order valence-electron chi connectivity index (χ2n) is 4.96. The second kappa shape index (κ2) is 6.34. The predicted molar refractivity (Wildman–Crippen MR) is 85.1 cm³/mol. The molecule has 0 fully saturated rings. The third kappa shape index (κ3) is 3.03. The molecule has 0 bridgehead atoms. The van der Waals surface area contributed by atoms with Crippen LogP contribution in [-0.4, -0.2) is 18.9 Å². The Balaban J connectivity index is 1.85. The summed E-state index contributed by atoms with van der Waals surface area (Å²) in [6, 6.07) is 6.46. The summed E-state index contributed by atoms with van der Waals surface area (Å²) in [5, 5.41) is 2.48. The van der Waals surface area contributed by atoms with Crippen molar-refractivity contribution in [2.75, 3.05) is 7.11 Å². The van der Waals surface area contributed by atoms with Gasteiger partial charge in [-0.15, -0.1) is 11.3 Å². The number of para-hydroxylation sites is 1. The molecular formula is C17H13FO4S. The lowest BCUT2D eigenvalue weighted by molar-refractivity contribution is -0.140. The van der Waals surface area contributed by atoms with E-state index in [1.807, 2.05) is 5.38 Å². The van der Waals surface area contributed by atoms with Crippen LogP contribution in [0.1, 0.15) is 22.5 Å². The molecule has 0 unspecified atom stereocenters. The highest BCUT2D eigenvalue weighted by Gasteiger charge is 2.16. The van der Waals surface area contributed by atoms with Crippen LogP contribution in [-0.2, 0) is 9.53 Å². The Morgan fingerprint density at radius 3 is 2.91 bits per heavy atom. The maximum absolute atomic E-state index is 13.7. The van der Waals surface area contributed by atoms with E-state index in [2.05, 4.69) is 4.74 Å². The first-order valence-electron chi connectivity index (χ1n) is 6.95. The standard InChI is InChI=1S/C17H13FO4S/c1-21-16(20)6-5-14(19)15-7-10(9-23-15)12-8-22-17-11(12)3-2-4-13(17)18/h2-4,7-9H,5-6H2,1H3. The van der Waals surface area contributed by atoms with E-state index in [0.717, 1.165) is 11.1 Å². The quantitative estimate of drug-likeness (QED) is 0.512. The molecule has 0 aliphatic heterocycles. The summed E-state index contributed by atoms with van der Waals surface area (Å²) in [5.74, 6) is -0.949. The zero-order valence-corrected chi connectivity index (χ0v) is 13.1. The normalized spacial score (nSPS) is 10.9. The number of ether oxygens (including phenoxy) is 1. The summed E-state index contributed by atoms with van der Waals surface area (Å²) in [5.41, 5.74) is 1.73. The number of Topliss-reactive ketones (excluding diaryl/α,β-unsaturated/α-hetero) is 1. The van der Waals surface area contributed by atoms with Crippen molar-refractivity contribution < 1.29 is 23.1 Å². The number of halogens is 1. The Kier molecular flexibility index (Phi) is 4.25. The summed E-state index contributed by atoms with van der Waals surface area (Å²) < 4.78 is 23.5. The number of benzene rings is 1. The number of thiophene rings is 1. The molecule has 0 radical (unpaired) electrons. The van der Waals surface area contributed by atoms with Gasteiger partial charge in [0, 0.05) is 17.4 Å². The summed E-state index contributed by atoms with van der Waals surface area (Å²) in [4.78, 5) is 23.7. The van der Waals surface area contributed by atoms with Crippen LogP contribution in [0.3, 0.4) is 0 Å². The molecule has 0 aliphatic rings. The second-order valence-corrected chi connectivity index (χ2v) is 5.88. The fraction of sp³-hybridized carbons (Fsp3) is 0.176. The van der Waals surface area contributed by atoms with E-state index < -0.39 is 11.8 Å². The first kappa shape index (κ1) is 15.4. The zero-order chi connectivity index (χ0) is 16.4. The first-order valence-corrected chi connectivity index (χ1v) is 7.82. The van der Waals surface area contributed by atoms with E-state index in [9.17, 15) is 14.0 Å². The Hall–Kier alpha value is -2.47. The van der Waals surface area contributed by atoms with Crippen LogP contribution >= 0.6 is 11.3 Å². The van der Waals surface area contributed by atoms with Gasteiger partial charge in [-0.3, -0.25) is 9.59 Å². The maximum Gasteiger partial charge on any atom is 0.305 e. The Morgan fingerprint density at radius 1 is 1.30 bits per heavy atom. The number of carbonyl (C=O) groups excluding carboxylic acids is 2. The van der Waals surface area contributed by atoms with Crippen LogP contribution in [0.2, 0.25) is 0 Å². The third-order valence-corrected chi connectivity index (χ3v) is 4.49. The van der Waals surface area contributed by atoms with E-state index in [1.165, 1.54) is 30.8 Å². The molecule has 0 saturated heterocycles. The smallest absolute Gasteiger partial charge is 0.305 e. The van der Waals surface area contributed by atoms with Gasteiger partial charge < -0.3 is 9.15 Å². The van der Waals surface area contributed by atoms with Gasteiger partial charge in [-0.05, 0) is 23.1 Å². The number of hydrogen-bond acceptors (Lipinski definition) is 5. The molecule has 6 heteroatoms. The van der Waals surface area contributed by atoms with Crippen LogP contribution in [0, 0.1) is 5.82 Å². The minimum absolute atomic E-state index is 0.0580. The molecule has 0 aliphatic carbocycles. The SMILES string of the molecule is COC(=O)CCC(=O)c1cc(-c2coc3c(F)cccc23)cs1. The van der Waals surface area contributed by atoms with Crippen molar-refractivity contribution in [1.82, 2.24) is 0 Å². The van der Waals surface area contributed by atoms with Gasteiger partial charge >= 0.3 is 5.97 Å². The molecule has 0 saturated carbocycles. The molecule has 0 spiro atoms. The van der Waals surface area contributed by atoms with E-state index in [1.54, 1.807) is 18.2 Å². The fourth-order valence-electron chi connectivity index (χ4n) is 2.31. The van der Waals surface area contributed by atoms with Crippen molar-refractivity contribution in [3.8, 4) is 11.1 Å². The predicted octanol–water partition coefficient (Wildman–Crippen LogP) is 4.44. The van der Waals surface area contributed by atoms with E-state index in [0.29, 0.717) is 10.3 Å². The van der Waals surface area contributed by atoms with Gasteiger partial charge in [0.1, 0.15) is 0 Å². The van der Waals surface area contributed by atoms with Crippen molar-refractivity contribution in [3.63, 3.8) is 0 Å². The lowest BCUT2D eigenvalue weighted by atomic mass is 10.1. The van der Waals surface area contributed by atoms with Crippen molar-refractivity contribution in [2.24, 2.45) is 0 Å². The lowest BCUT2D eigenvalue weighted by Crippen LogP contribution is -2.04. The minimum Gasteiger partial charge on any atom is -0.469 e. The van der Waals surface area contributed by atoms with Crippen LogP contribution < -0.4 is 0 Å². The topological polar surface area (TPSA) is 56.5 Å². The molecule has 1 aromatic carbocycles. The van der Waals surface area contributed by atoms with Crippen molar-refractivity contribution >= 4 is 34.1 Å². The summed E-state index contributed by atoms with van der Waals surface area (Å²) in [6.45, 7) is 0. The van der Waals surface area contributed by atoms with Crippen molar-refractivity contribution in [2.45, 2.75) is 12.8 Å². The van der Waals surface area contributed by atoms with Crippen LogP contribution in [0.4, 0.5) is 4.39 Å². The van der Waals surface area contributed by atoms with E-state index >= 15 is 0 Å². The number of furan rings is 1. The highest BCUT2D eigenvalue weighted by atomic mass is 32.1. The highest BCUT2D eigenvalue weighted by molar-refractivity contribution is 7.12. The number of fused-ring (bicyclic) bond motifs is 1. The van der Waals surface area contributed by atoms with Crippen molar-refractivity contribution in [1.29, 1.82) is 0 Å². The summed E-state index contributed by atoms with van der Waals surface area (Å²) in [7, 11) is 1.29. The molecule has 4 nitrogen and oxygen atoms in total. The number of esters is 1. The Morgan fingerprint density at radius 2 is 2.13 bits per heavy atom. The van der Waals surface area contributed by atoms with Gasteiger partial charge in [-0.1, -0.05) is 12.1 Å². The molecule has 2 heterocycles. The van der Waals surface area contributed by atoms with Gasteiger partial charge in [0.2, 0.25) is 0 Å². The zero-order valence-electron chi connectivity index (χ0n) is 12.3. The average Bonchev–Trinajstić information content (AvgIpc) is 3.19. The van der Waals surface area contributed by atoms with Crippen LogP contribution in [0.15, 0.2) is 40.3 Å². The number of rotatable bonds is 5. The van der Waals surface area contributed by atoms with Gasteiger partial charge in [0.15, 0.2) is 17.2 Å². The third-order valence-electron chi connectivity index (χ3n) is 3.52. The molecule has 0 atom stereocenters. The summed E-state index contributed by atoms with van der Waals surface area (Å²) >= 11 is 1.29. The fourth-order valence-corrected chi connectivity index (χ4v) is 3.19. The molecule has 118 valence electrons. The Bertz CT molecular complexity index is 878. The molecule has 23 heavy (non-hydrogen) atoms. The maximum atomic E-state index is 13.7. The van der Waals surface area contributed by atoms with Crippen molar-refractivity contribution in [3.05, 3.63) is 46.6 Å². The van der Waals surface area contributed by atoms with Gasteiger partial charge in [-0.2, -0.15) is 0 Å². The monoisotopic (exact) mass is 332 g/mol. The molecule has 3 aromatic rings. The van der Waals surface area contributed by atoms with E-state index in [4.69, 9.17) is 4.42 Å². The molecular weight excluding hydrogens is 319 g/mol. The Labute approximate surface area is 135 Å². The number of methoxy groups -OCH3 is 1. The summed E-state index contributed by atoms with van der Waals surface area (Å²) in [6.07, 6.45) is 1.65. The number of ketones is 1. The number of hydrogen-bond donors (Lipinski definition) is 0. The van der Waals surface area contributed by atoms with Gasteiger partial charge in [0.05, 0.1) is 24.7 Å². The minimum atomic E-state index is -0.418. The molecule has 0 amide bonds. The van der Waals surface area contributed by atoms with Gasteiger partial charge in [-0.25, -0.2) is 4.39 Å².